The summed E-state index contributed by atoms with van der Waals surface area (Å²) >= 11 is 3.17. The van der Waals surface area contributed by atoms with Crippen LogP contribution in [0.5, 0.6) is 0 Å². The molecule has 0 aliphatic carbocycles. The van der Waals surface area contributed by atoms with Crippen molar-refractivity contribution in [3.63, 3.8) is 0 Å². The lowest BCUT2D eigenvalue weighted by molar-refractivity contribution is -0.117. The highest BCUT2D eigenvalue weighted by Crippen LogP contribution is 2.19. The van der Waals surface area contributed by atoms with Crippen molar-refractivity contribution in [2.75, 3.05) is 25.0 Å². The van der Waals surface area contributed by atoms with Crippen molar-refractivity contribution in [1.29, 1.82) is 0 Å². The standard InChI is InChI=1S/C12H14BrFN2O/c13-9-3-4-11(10(14)7-9)15-12(17)8-16-5-1-2-6-16/h3-4,7H,1-2,5-6,8H2,(H,15,17). The van der Waals surface area contributed by atoms with E-state index in [0.717, 1.165) is 25.9 Å². The van der Waals surface area contributed by atoms with E-state index in [9.17, 15) is 9.18 Å². The van der Waals surface area contributed by atoms with Crippen molar-refractivity contribution < 1.29 is 9.18 Å². The predicted molar refractivity (Wildman–Crippen MR) is 68.4 cm³/mol. The monoisotopic (exact) mass is 300 g/mol. The third-order valence-corrected chi connectivity index (χ3v) is 3.26. The maximum absolute atomic E-state index is 13.5. The van der Waals surface area contributed by atoms with Gasteiger partial charge in [-0.25, -0.2) is 4.39 Å². The van der Waals surface area contributed by atoms with E-state index in [4.69, 9.17) is 0 Å². The molecule has 2 rings (SSSR count). The van der Waals surface area contributed by atoms with Crippen molar-refractivity contribution in [2.24, 2.45) is 0 Å². The number of hydrogen-bond acceptors (Lipinski definition) is 2. The quantitative estimate of drug-likeness (QED) is 0.931. The second-order valence-corrected chi connectivity index (χ2v) is 5.07. The predicted octanol–water partition coefficient (Wildman–Crippen LogP) is 2.62. The summed E-state index contributed by atoms with van der Waals surface area (Å²) in [4.78, 5) is 13.7. The maximum Gasteiger partial charge on any atom is 0.238 e. The zero-order chi connectivity index (χ0) is 12.3. The summed E-state index contributed by atoms with van der Waals surface area (Å²) in [6, 6.07) is 4.60. The van der Waals surface area contributed by atoms with Gasteiger partial charge in [0.05, 0.1) is 12.2 Å². The molecule has 5 heteroatoms. The summed E-state index contributed by atoms with van der Waals surface area (Å²) in [6.45, 7) is 2.25. The van der Waals surface area contributed by atoms with Crippen molar-refractivity contribution in [1.82, 2.24) is 4.90 Å². The highest BCUT2D eigenvalue weighted by atomic mass is 79.9. The fourth-order valence-electron chi connectivity index (χ4n) is 1.92. The van der Waals surface area contributed by atoms with Gasteiger partial charge in [0, 0.05) is 4.47 Å². The molecule has 1 aliphatic rings. The smallest absolute Gasteiger partial charge is 0.238 e. The van der Waals surface area contributed by atoms with E-state index in [2.05, 4.69) is 26.1 Å². The van der Waals surface area contributed by atoms with Crippen LogP contribution in [0.4, 0.5) is 10.1 Å². The Labute approximate surface area is 108 Å². The molecule has 92 valence electrons. The lowest BCUT2D eigenvalue weighted by atomic mass is 10.3. The highest BCUT2D eigenvalue weighted by molar-refractivity contribution is 9.10. The number of hydrogen-bond donors (Lipinski definition) is 1. The van der Waals surface area contributed by atoms with Gasteiger partial charge in [-0.2, -0.15) is 0 Å². The van der Waals surface area contributed by atoms with Gasteiger partial charge in [0.25, 0.3) is 0 Å². The third-order valence-electron chi connectivity index (χ3n) is 2.77. The minimum absolute atomic E-state index is 0.159. The molecule has 1 aromatic rings. The van der Waals surface area contributed by atoms with Crippen LogP contribution in [0.25, 0.3) is 0 Å². The van der Waals surface area contributed by atoms with Gasteiger partial charge in [0.2, 0.25) is 5.91 Å². The molecule has 1 saturated heterocycles. The molecule has 0 aromatic heterocycles. The van der Waals surface area contributed by atoms with Crippen LogP contribution in [0.2, 0.25) is 0 Å². The molecule has 1 fully saturated rings. The van der Waals surface area contributed by atoms with Crippen LogP contribution in [-0.4, -0.2) is 30.4 Å². The van der Waals surface area contributed by atoms with E-state index in [0.29, 0.717) is 11.0 Å². The van der Waals surface area contributed by atoms with E-state index in [1.807, 2.05) is 0 Å². The van der Waals surface area contributed by atoms with Crippen LogP contribution < -0.4 is 5.32 Å². The molecule has 0 spiro atoms. The zero-order valence-electron chi connectivity index (χ0n) is 9.38. The van der Waals surface area contributed by atoms with Gasteiger partial charge in [-0.05, 0) is 44.1 Å². The molecule has 0 saturated carbocycles. The number of carbonyl (C=O) groups excluding carboxylic acids is 1. The molecule has 1 aromatic carbocycles. The van der Waals surface area contributed by atoms with Gasteiger partial charge in [0.1, 0.15) is 5.82 Å². The first-order valence-electron chi connectivity index (χ1n) is 5.62. The average molecular weight is 301 g/mol. The average Bonchev–Trinajstić information content (AvgIpc) is 2.75. The van der Waals surface area contributed by atoms with E-state index < -0.39 is 5.82 Å². The summed E-state index contributed by atoms with van der Waals surface area (Å²) in [5.41, 5.74) is 0.234. The number of nitrogens with one attached hydrogen (secondary N) is 1. The van der Waals surface area contributed by atoms with Gasteiger partial charge in [-0.15, -0.1) is 0 Å². The van der Waals surface area contributed by atoms with Crippen molar-refractivity contribution in [3.8, 4) is 0 Å². The molecule has 1 aliphatic heterocycles. The van der Waals surface area contributed by atoms with E-state index >= 15 is 0 Å². The third kappa shape index (κ3) is 3.51. The van der Waals surface area contributed by atoms with E-state index in [1.54, 1.807) is 12.1 Å². The van der Waals surface area contributed by atoms with Crippen molar-refractivity contribution in [2.45, 2.75) is 12.8 Å². The number of amides is 1. The summed E-state index contributed by atoms with van der Waals surface area (Å²) < 4.78 is 14.1. The molecule has 1 N–H and O–H groups in total. The molecule has 0 radical (unpaired) electrons. The number of rotatable bonds is 3. The van der Waals surface area contributed by atoms with Crippen molar-refractivity contribution in [3.05, 3.63) is 28.5 Å². The van der Waals surface area contributed by atoms with E-state index in [1.165, 1.54) is 6.07 Å². The van der Waals surface area contributed by atoms with Gasteiger partial charge in [-0.3, -0.25) is 9.69 Å². The number of anilines is 1. The number of carbonyl (C=O) groups is 1. The van der Waals surface area contributed by atoms with Gasteiger partial charge in [-0.1, -0.05) is 15.9 Å². The fourth-order valence-corrected chi connectivity index (χ4v) is 2.26. The lowest BCUT2D eigenvalue weighted by Gasteiger charge is -2.14. The SMILES string of the molecule is O=C(CN1CCCC1)Nc1ccc(Br)cc1F. The minimum Gasteiger partial charge on any atom is -0.322 e. The molecule has 3 nitrogen and oxygen atoms in total. The number of halogens is 2. The molecule has 0 bridgehead atoms. The Hall–Kier alpha value is -0.940. The first kappa shape index (κ1) is 12.5. The molecule has 1 heterocycles. The van der Waals surface area contributed by atoms with Gasteiger partial charge in [0.15, 0.2) is 0 Å². The summed E-state index contributed by atoms with van der Waals surface area (Å²) in [6.07, 6.45) is 2.28. The topological polar surface area (TPSA) is 32.3 Å². The minimum atomic E-state index is -0.422. The maximum atomic E-state index is 13.5. The number of nitrogens with zero attached hydrogens (tertiary/aromatic N) is 1. The van der Waals surface area contributed by atoms with Gasteiger partial charge < -0.3 is 5.32 Å². The summed E-state index contributed by atoms with van der Waals surface area (Å²) in [5.74, 6) is -0.581. The van der Waals surface area contributed by atoms with Crippen LogP contribution in [0.3, 0.4) is 0 Å². The molecule has 0 unspecified atom stereocenters. The van der Waals surface area contributed by atoms with Gasteiger partial charge >= 0.3 is 0 Å². The number of benzene rings is 1. The van der Waals surface area contributed by atoms with Crippen LogP contribution in [0.15, 0.2) is 22.7 Å². The Bertz CT molecular complexity index is 419. The van der Waals surface area contributed by atoms with Crippen molar-refractivity contribution >= 4 is 27.5 Å². The Morgan fingerprint density at radius 1 is 1.41 bits per heavy atom. The Balaban J connectivity index is 1.93. The molecular weight excluding hydrogens is 287 g/mol. The van der Waals surface area contributed by atoms with Crippen LogP contribution in [0, 0.1) is 5.82 Å². The first-order valence-corrected chi connectivity index (χ1v) is 6.42. The molecular formula is C12H14BrFN2O. The zero-order valence-corrected chi connectivity index (χ0v) is 11.0. The normalized spacial score (nSPS) is 16.1. The summed E-state index contributed by atoms with van der Waals surface area (Å²) in [5, 5.41) is 2.59. The largest absolute Gasteiger partial charge is 0.322 e. The lowest BCUT2D eigenvalue weighted by Crippen LogP contribution is -2.31. The number of likely N-dealkylation sites (tertiary alicyclic amines) is 1. The van der Waals surface area contributed by atoms with E-state index in [-0.39, 0.29) is 11.6 Å². The second kappa shape index (κ2) is 5.60. The summed E-state index contributed by atoms with van der Waals surface area (Å²) in [7, 11) is 0. The molecule has 1 amide bonds. The van der Waals surface area contributed by atoms with Crippen LogP contribution >= 0.6 is 15.9 Å². The fraction of sp³-hybridized carbons (Fsp3) is 0.417. The first-order chi connectivity index (χ1) is 8.15. The second-order valence-electron chi connectivity index (χ2n) is 4.16. The van der Waals surface area contributed by atoms with Crippen LogP contribution in [0.1, 0.15) is 12.8 Å². The highest BCUT2D eigenvalue weighted by Gasteiger charge is 2.15. The Kier molecular flexibility index (Phi) is 4.12. The Morgan fingerprint density at radius 3 is 2.76 bits per heavy atom. The Morgan fingerprint density at radius 2 is 2.12 bits per heavy atom. The molecule has 0 atom stereocenters. The van der Waals surface area contributed by atoms with Crippen LogP contribution in [-0.2, 0) is 4.79 Å². The molecule has 17 heavy (non-hydrogen) atoms.